The Kier molecular flexibility index (Phi) is 3.32. The van der Waals surface area contributed by atoms with Crippen molar-refractivity contribution in [2.24, 2.45) is 5.92 Å². The van der Waals surface area contributed by atoms with Gasteiger partial charge in [0.1, 0.15) is 0 Å². The highest BCUT2D eigenvalue weighted by Crippen LogP contribution is 2.36. The number of nitrogens with zero attached hydrogens (tertiary/aromatic N) is 1. The summed E-state index contributed by atoms with van der Waals surface area (Å²) in [5, 5.41) is 7.24. The average molecular weight is 250 g/mol. The predicted molar refractivity (Wildman–Crippen MR) is 72.8 cm³/mol. The summed E-state index contributed by atoms with van der Waals surface area (Å²) in [6.07, 6.45) is 2.82. The van der Waals surface area contributed by atoms with Gasteiger partial charge in [0.2, 0.25) is 0 Å². The molecule has 0 aromatic carbocycles. The average Bonchev–Trinajstić information content (AvgIpc) is 2.69. The fourth-order valence-corrected chi connectivity index (χ4v) is 2.05. The largest absolute Gasteiger partial charge is 0.498 e. The first-order valence-corrected chi connectivity index (χ1v) is 6.61. The lowest BCUT2D eigenvalue weighted by atomic mass is 9.78. The molecule has 0 atom stereocenters. The van der Waals surface area contributed by atoms with E-state index in [2.05, 4.69) is 51.7 Å². The molecule has 0 amide bonds. The summed E-state index contributed by atoms with van der Waals surface area (Å²) >= 11 is 0. The second-order valence-corrected chi connectivity index (χ2v) is 6.47. The highest BCUT2D eigenvalue weighted by molar-refractivity contribution is 6.62. The maximum absolute atomic E-state index is 6.05. The van der Waals surface area contributed by atoms with Crippen molar-refractivity contribution in [3.63, 3.8) is 0 Å². The van der Waals surface area contributed by atoms with Gasteiger partial charge < -0.3 is 9.31 Å². The van der Waals surface area contributed by atoms with Crippen molar-refractivity contribution in [2.45, 2.75) is 59.2 Å². The third-order valence-electron chi connectivity index (χ3n) is 3.86. The summed E-state index contributed by atoms with van der Waals surface area (Å²) in [6, 6.07) is 0. The molecule has 0 unspecified atom stereocenters. The maximum Gasteiger partial charge on any atom is 0.498 e. The monoisotopic (exact) mass is 250 g/mol. The third-order valence-corrected chi connectivity index (χ3v) is 3.86. The molecule has 0 radical (unpaired) electrons. The van der Waals surface area contributed by atoms with Gasteiger partial charge in [-0.25, -0.2) is 0 Å². The molecule has 0 saturated carbocycles. The Balaban J connectivity index is 2.22. The molecular weight excluding hydrogens is 227 g/mol. The standard InChI is InChI=1S/C13H23BN2O2/c1-9(2)7-11-10(8-15-16-11)14-17-12(3,4)13(5,6)18-14/h8-9H,7H2,1-6H3,(H,15,16). The first-order valence-electron chi connectivity index (χ1n) is 6.61. The zero-order chi connectivity index (χ0) is 13.6. The summed E-state index contributed by atoms with van der Waals surface area (Å²) in [6.45, 7) is 12.6. The molecule has 2 heterocycles. The molecule has 2 rings (SSSR count). The van der Waals surface area contributed by atoms with Gasteiger partial charge >= 0.3 is 7.12 Å². The van der Waals surface area contributed by atoms with E-state index in [1.54, 1.807) is 0 Å². The molecule has 1 aliphatic rings. The smallest absolute Gasteiger partial charge is 0.399 e. The lowest BCUT2D eigenvalue weighted by Gasteiger charge is -2.32. The Morgan fingerprint density at radius 2 is 1.78 bits per heavy atom. The molecule has 18 heavy (non-hydrogen) atoms. The minimum Gasteiger partial charge on any atom is -0.399 e. The van der Waals surface area contributed by atoms with Crippen LogP contribution in [0.1, 0.15) is 47.2 Å². The van der Waals surface area contributed by atoms with Gasteiger partial charge in [0.25, 0.3) is 0 Å². The fraction of sp³-hybridized carbons (Fsp3) is 0.769. The van der Waals surface area contributed by atoms with Crippen LogP contribution in [-0.2, 0) is 15.7 Å². The van der Waals surface area contributed by atoms with Crippen molar-refractivity contribution >= 4 is 12.6 Å². The van der Waals surface area contributed by atoms with Gasteiger partial charge in [-0.2, -0.15) is 5.10 Å². The first kappa shape index (κ1) is 13.6. The number of hydrogen-bond acceptors (Lipinski definition) is 3. The molecule has 0 aliphatic carbocycles. The van der Waals surface area contributed by atoms with E-state index in [1.807, 2.05) is 6.20 Å². The molecule has 1 N–H and O–H groups in total. The quantitative estimate of drug-likeness (QED) is 0.833. The molecule has 4 nitrogen and oxygen atoms in total. The highest BCUT2D eigenvalue weighted by atomic mass is 16.7. The molecule has 100 valence electrons. The topological polar surface area (TPSA) is 47.1 Å². The van der Waals surface area contributed by atoms with E-state index in [1.165, 1.54) is 0 Å². The molecule has 0 spiro atoms. The van der Waals surface area contributed by atoms with Crippen LogP contribution in [0.5, 0.6) is 0 Å². The van der Waals surface area contributed by atoms with Gasteiger partial charge in [0, 0.05) is 11.7 Å². The van der Waals surface area contributed by atoms with Crippen LogP contribution in [0.25, 0.3) is 0 Å². The van der Waals surface area contributed by atoms with Crippen LogP contribution in [0.3, 0.4) is 0 Å². The number of hydrogen-bond donors (Lipinski definition) is 1. The van der Waals surface area contributed by atoms with Gasteiger partial charge in [-0.05, 0) is 40.0 Å². The summed E-state index contributed by atoms with van der Waals surface area (Å²) in [4.78, 5) is 0. The van der Waals surface area contributed by atoms with Crippen LogP contribution in [0, 0.1) is 5.92 Å². The number of aromatic nitrogens is 2. The molecule has 1 aromatic heterocycles. The van der Waals surface area contributed by atoms with Crippen LogP contribution >= 0.6 is 0 Å². The second-order valence-electron chi connectivity index (χ2n) is 6.47. The number of rotatable bonds is 3. The SMILES string of the molecule is CC(C)Cc1n[nH]cc1B1OC(C)(C)C(C)(C)O1. The normalized spacial score (nSPS) is 21.8. The summed E-state index contributed by atoms with van der Waals surface area (Å²) in [5.74, 6) is 0.564. The molecule has 1 aromatic rings. The van der Waals surface area contributed by atoms with E-state index in [0.717, 1.165) is 17.6 Å². The Morgan fingerprint density at radius 3 is 2.28 bits per heavy atom. The van der Waals surface area contributed by atoms with E-state index < -0.39 is 0 Å². The van der Waals surface area contributed by atoms with Gasteiger partial charge in [0.05, 0.1) is 16.9 Å². The number of nitrogens with one attached hydrogen (secondary N) is 1. The minimum absolute atomic E-state index is 0.302. The van der Waals surface area contributed by atoms with Gasteiger partial charge in [-0.1, -0.05) is 13.8 Å². The molecular formula is C13H23BN2O2. The Hall–Kier alpha value is -0.805. The summed E-state index contributed by atoms with van der Waals surface area (Å²) in [5.41, 5.74) is 1.47. The molecule has 1 fully saturated rings. The van der Waals surface area contributed by atoms with Crippen LogP contribution in [0.2, 0.25) is 0 Å². The van der Waals surface area contributed by atoms with Gasteiger partial charge in [-0.15, -0.1) is 0 Å². The van der Waals surface area contributed by atoms with E-state index >= 15 is 0 Å². The lowest BCUT2D eigenvalue weighted by molar-refractivity contribution is 0.00578. The van der Waals surface area contributed by atoms with E-state index in [-0.39, 0.29) is 18.3 Å². The third kappa shape index (κ3) is 2.34. The van der Waals surface area contributed by atoms with Crippen molar-refractivity contribution in [2.75, 3.05) is 0 Å². The minimum atomic E-state index is -0.317. The molecule has 5 heteroatoms. The predicted octanol–water partition coefficient (Wildman–Crippen LogP) is 1.91. The van der Waals surface area contributed by atoms with Crippen LogP contribution < -0.4 is 5.46 Å². The zero-order valence-electron chi connectivity index (χ0n) is 12.2. The van der Waals surface area contributed by atoms with Crippen LogP contribution in [0.15, 0.2) is 6.20 Å². The van der Waals surface area contributed by atoms with Crippen molar-refractivity contribution in [1.82, 2.24) is 10.2 Å². The molecule has 1 aliphatic heterocycles. The van der Waals surface area contributed by atoms with Crippen molar-refractivity contribution < 1.29 is 9.31 Å². The van der Waals surface area contributed by atoms with E-state index in [4.69, 9.17) is 9.31 Å². The second kappa shape index (κ2) is 4.39. The van der Waals surface area contributed by atoms with Crippen molar-refractivity contribution in [3.8, 4) is 0 Å². The number of H-pyrrole nitrogens is 1. The Labute approximate surface area is 110 Å². The number of aromatic amines is 1. The van der Waals surface area contributed by atoms with Crippen molar-refractivity contribution in [1.29, 1.82) is 0 Å². The van der Waals surface area contributed by atoms with E-state index in [0.29, 0.717) is 5.92 Å². The lowest BCUT2D eigenvalue weighted by Crippen LogP contribution is -2.41. The zero-order valence-corrected chi connectivity index (χ0v) is 12.2. The van der Waals surface area contributed by atoms with Crippen LogP contribution in [-0.4, -0.2) is 28.5 Å². The van der Waals surface area contributed by atoms with Gasteiger partial charge in [0.15, 0.2) is 0 Å². The summed E-state index contributed by atoms with van der Waals surface area (Å²) < 4.78 is 12.1. The Morgan fingerprint density at radius 1 is 1.22 bits per heavy atom. The van der Waals surface area contributed by atoms with Crippen LogP contribution in [0.4, 0.5) is 0 Å². The fourth-order valence-electron chi connectivity index (χ4n) is 2.05. The molecule has 1 saturated heterocycles. The van der Waals surface area contributed by atoms with Crippen molar-refractivity contribution in [3.05, 3.63) is 11.9 Å². The molecule has 0 bridgehead atoms. The van der Waals surface area contributed by atoms with E-state index in [9.17, 15) is 0 Å². The summed E-state index contributed by atoms with van der Waals surface area (Å²) in [7, 11) is -0.317. The first-order chi connectivity index (χ1) is 8.23. The maximum atomic E-state index is 6.05. The highest BCUT2D eigenvalue weighted by Gasteiger charge is 2.52. The van der Waals surface area contributed by atoms with Gasteiger partial charge in [-0.3, -0.25) is 5.10 Å². The Bertz CT molecular complexity index is 410.